The zero-order chi connectivity index (χ0) is 24.5. The molecule has 5 heteroatoms. The van der Waals surface area contributed by atoms with Crippen LogP contribution in [0.25, 0.3) is 73.9 Å². The van der Waals surface area contributed by atoms with Crippen LogP contribution in [0.2, 0.25) is 5.02 Å². The average Bonchev–Trinajstić information content (AvgIpc) is 3.52. The first-order chi connectivity index (χ1) is 18.3. The van der Waals surface area contributed by atoms with E-state index < -0.39 is 0 Å². The molecule has 0 bridgehead atoms. The van der Waals surface area contributed by atoms with Crippen molar-refractivity contribution in [2.24, 2.45) is 0 Å². The van der Waals surface area contributed by atoms with E-state index >= 15 is 0 Å². The number of thiophene rings is 2. The second-order valence-corrected chi connectivity index (χ2v) is 11.6. The fraction of sp³-hybridized carbons (Fsp3) is 0. The van der Waals surface area contributed by atoms with Gasteiger partial charge in [-0.1, -0.05) is 96.5 Å². The lowest BCUT2D eigenvalue weighted by molar-refractivity contribution is 1.25. The summed E-state index contributed by atoms with van der Waals surface area (Å²) in [5.74, 6) is 0.747. The van der Waals surface area contributed by atoms with Gasteiger partial charge in [-0.25, -0.2) is 9.97 Å². The predicted molar refractivity (Wildman–Crippen MR) is 161 cm³/mol. The van der Waals surface area contributed by atoms with Gasteiger partial charge in [0.25, 0.3) is 0 Å². The minimum Gasteiger partial charge on any atom is -0.226 e. The van der Waals surface area contributed by atoms with Crippen molar-refractivity contribution >= 4 is 85.5 Å². The number of halogens is 1. The van der Waals surface area contributed by atoms with Crippen molar-refractivity contribution < 1.29 is 0 Å². The van der Waals surface area contributed by atoms with Crippen molar-refractivity contribution in [1.29, 1.82) is 0 Å². The van der Waals surface area contributed by atoms with Crippen LogP contribution in [0.15, 0.2) is 103 Å². The summed E-state index contributed by atoms with van der Waals surface area (Å²) >= 11 is 10.1. The highest BCUT2D eigenvalue weighted by molar-refractivity contribution is 7.27. The highest BCUT2D eigenvalue weighted by atomic mass is 35.5. The Morgan fingerprint density at radius 1 is 0.568 bits per heavy atom. The quantitative estimate of drug-likeness (QED) is 0.223. The first-order valence-corrected chi connectivity index (χ1v) is 14.0. The van der Waals surface area contributed by atoms with Crippen LogP contribution >= 0.6 is 34.3 Å². The zero-order valence-corrected chi connectivity index (χ0v) is 21.8. The lowest BCUT2D eigenvalue weighted by atomic mass is 9.98. The van der Waals surface area contributed by atoms with E-state index in [1.54, 1.807) is 22.7 Å². The molecule has 2 nitrogen and oxygen atoms in total. The van der Waals surface area contributed by atoms with Crippen molar-refractivity contribution in [3.63, 3.8) is 0 Å². The molecule has 3 heterocycles. The first-order valence-electron chi connectivity index (χ1n) is 12.0. The number of nitrogens with zero attached hydrogens (tertiary/aromatic N) is 2. The Bertz CT molecular complexity index is 2160. The Kier molecular flexibility index (Phi) is 4.65. The normalized spacial score (nSPS) is 11.9. The van der Waals surface area contributed by atoms with Crippen LogP contribution in [-0.2, 0) is 0 Å². The Balaban J connectivity index is 1.52. The van der Waals surface area contributed by atoms with E-state index in [0.29, 0.717) is 0 Å². The molecule has 0 fully saturated rings. The molecule has 0 radical (unpaired) electrons. The number of rotatable bonds is 2. The maximum absolute atomic E-state index is 6.62. The summed E-state index contributed by atoms with van der Waals surface area (Å²) in [6.45, 7) is 0. The molecule has 5 aromatic carbocycles. The summed E-state index contributed by atoms with van der Waals surface area (Å²) in [6.07, 6.45) is 0. The number of aromatic nitrogens is 2. The molecule has 3 aromatic heterocycles. The smallest absolute Gasteiger partial charge is 0.161 e. The third-order valence-electron chi connectivity index (χ3n) is 6.96. The highest BCUT2D eigenvalue weighted by Crippen LogP contribution is 2.45. The van der Waals surface area contributed by atoms with Gasteiger partial charge in [-0.05, 0) is 29.0 Å². The van der Waals surface area contributed by atoms with E-state index in [9.17, 15) is 0 Å². The van der Waals surface area contributed by atoms with Crippen molar-refractivity contribution in [1.82, 2.24) is 9.97 Å². The highest BCUT2D eigenvalue weighted by Gasteiger charge is 2.20. The molecule has 0 saturated heterocycles. The maximum Gasteiger partial charge on any atom is 0.161 e. The number of hydrogen-bond acceptors (Lipinski definition) is 4. The largest absolute Gasteiger partial charge is 0.226 e. The van der Waals surface area contributed by atoms with Gasteiger partial charge in [0.05, 0.1) is 25.6 Å². The van der Waals surface area contributed by atoms with Gasteiger partial charge in [0.2, 0.25) is 0 Å². The van der Waals surface area contributed by atoms with E-state index in [2.05, 4.69) is 84.9 Å². The van der Waals surface area contributed by atoms with Gasteiger partial charge >= 0.3 is 0 Å². The summed E-state index contributed by atoms with van der Waals surface area (Å²) in [6, 6.07) is 35.9. The van der Waals surface area contributed by atoms with Gasteiger partial charge in [-0.2, -0.15) is 0 Å². The number of fused-ring (bicyclic) bond motifs is 8. The molecule has 0 aliphatic carbocycles. The molecule has 0 spiro atoms. The Hall–Kier alpha value is -3.83. The van der Waals surface area contributed by atoms with Gasteiger partial charge in [-0.15, -0.1) is 22.7 Å². The molecule has 0 aliphatic heterocycles. The van der Waals surface area contributed by atoms with E-state index in [1.165, 1.54) is 30.9 Å². The number of benzene rings is 5. The molecule has 0 N–H and O–H groups in total. The number of hydrogen-bond donors (Lipinski definition) is 0. The SMILES string of the molecule is Clc1cccc2c1sc1cc(-c3nc(-c4ccccc4)c4sc5ccccc5c4n3)c3ccccc3c12. The first kappa shape index (κ1) is 21.3. The van der Waals surface area contributed by atoms with E-state index in [0.717, 1.165) is 48.0 Å². The zero-order valence-electron chi connectivity index (χ0n) is 19.4. The van der Waals surface area contributed by atoms with Crippen LogP contribution in [-0.4, -0.2) is 9.97 Å². The standard InChI is InChI=1S/C32H17ClN2S2/c33-24-15-8-14-22-27-20-12-5-4-11-19(20)23(17-26(27)37-30(22)24)32-34-28(18-9-2-1-3-10-18)31-29(35-32)21-13-6-7-16-25(21)36-31/h1-17H. The van der Waals surface area contributed by atoms with Crippen LogP contribution < -0.4 is 0 Å². The van der Waals surface area contributed by atoms with E-state index in [4.69, 9.17) is 21.6 Å². The molecular formula is C32H17ClN2S2. The van der Waals surface area contributed by atoms with Gasteiger partial charge in [-0.3, -0.25) is 0 Å². The van der Waals surface area contributed by atoms with Crippen molar-refractivity contribution in [3.05, 3.63) is 108 Å². The van der Waals surface area contributed by atoms with Crippen LogP contribution in [0.3, 0.4) is 0 Å². The van der Waals surface area contributed by atoms with E-state index in [1.807, 2.05) is 18.2 Å². The summed E-state index contributed by atoms with van der Waals surface area (Å²) < 4.78 is 4.65. The monoisotopic (exact) mass is 528 g/mol. The minimum atomic E-state index is 0.747. The van der Waals surface area contributed by atoms with Crippen LogP contribution in [0.4, 0.5) is 0 Å². The second-order valence-electron chi connectivity index (χ2n) is 9.10. The Morgan fingerprint density at radius 3 is 2.14 bits per heavy atom. The van der Waals surface area contributed by atoms with E-state index in [-0.39, 0.29) is 0 Å². The molecule has 174 valence electrons. The third kappa shape index (κ3) is 3.17. The molecule has 8 aromatic rings. The topological polar surface area (TPSA) is 25.8 Å². The average molecular weight is 529 g/mol. The van der Waals surface area contributed by atoms with Crippen LogP contribution in [0, 0.1) is 0 Å². The molecular weight excluding hydrogens is 512 g/mol. The van der Waals surface area contributed by atoms with Crippen molar-refractivity contribution in [3.8, 4) is 22.6 Å². The van der Waals surface area contributed by atoms with Gasteiger partial charge in [0, 0.05) is 36.7 Å². The fourth-order valence-electron chi connectivity index (χ4n) is 5.32. The summed E-state index contributed by atoms with van der Waals surface area (Å²) in [7, 11) is 0. The minimum absolute atomic E-state index is 0.747. The molecule has 0 atom stereocenters. The fourth-order valence-corrected chi connectivity index (χ4v) is 7.92. The third-order valence-corrected chi connectivity index (χ3v) is 9.74. The summed E-state index contributed by atoms with van der Waals surface area (Å²) in [4.78, 5) is 10.5. The lowest BCUT2D eigenvalue weighted by Crippen LogP contribution is -1.94. The molecule has 0 saturated carbocycles. The molecule has 0 aliphatic rings. The molecule has 8 rings (SSSR count). The summed E-state index contributed by atoms with van der Waals surface area (Å²) in [5.41, 5.74) is 4.13. The van der Waals surface area contributed by atoms with Gasteiger partial charge in [0.15, 0.2) is 5.82 Å². The molecule has 0 amide bonds. The molecule has 0 unspecified atom stereocenters. The lowest BCUT2D eigenvalue weighted by Gasteiger charge is -2.10. The second kappa shape index (κ2) is 8.09. The predicted octanol–water partition coefficient (Wildman–Crippen LogP) is 10.4. The summed E-state index contributed by atoms with van der Waals surface area (Å²) in [5, 5.41) is 6.74. The Labute approximate surface area is 225 Å². The van der Waals surface area contributed by atoms with Crippen molar-refractivity contribution in [2.45, 2.75) is 0 Å². The van der Waals surface area contributed by atoms with Crippen LogP contribution in [0.5, 0.6) is 0 Å². The molecule has 37 heavy (non-hydrogen) atoms. The maximum atomic E-state index is 6.62. The van der Waals surface area contributed by atoms with Gasteiger partial charge < -0.3 is 0 Å². The van der Waals surface area contributed by atoms with Gasteiger partial charge in [0.1, 0.15) is 0 Å². The van der Waals surface area contributed by atoms with Crippen molar-refractivity contribution in [2.75, 3.05) is 0 Å². The van der Waals surface area contributed by atoms with Crippen LogP contribution in [0.1, 0.15) is 0 Å². The Morgan fingerprint density at radius 2 is 1.27 bits per heavy atom.